The smallest absolute Gasteiger partial charge is 0.274 e. The summed E-state index contributed by atoms with van der Waals surface area (Å²) in [5, 5.41) is 0. The van der Waals surface area contributed by atoms with Crippen LogP contribution in [0.5, 0.6) is 11.5 Å². The molecule has 0 N–H and O–H groups in total. The lowest BCUT2D eigenvalue weighted by atomic mass is 10.0. The summed E-state index contributed by atoms with van der Waals surface area (Å²) >= 11 is 0. The molecule has 0 bridgehead atoms. The quantitative estimate of drug-likeness (QED) is 0.849. The Morgan fingerprint density at radius 3 is 2.83 bits per heavy atom. The van der Waals surface area contributed by atoms with E-state index in [2.05, 4.69) is 9.97 Å². The van der Waals surface area contributed by atoms with Gasteiger partial charge in [0.25, 0.3) is 5.91 Å². The Labute approximate surface area is 140 Å². The molecule has 1 saturated heterocycles. The van der Waals surface area contributed by atoms with Gasteiger partial charge in [-0.05, 0) is 30.5 Å². The number of carbonyl (C=O) groups excluding carboxylic acids is 1. The summed E-state index contributed by atoms with van der Waals surface area (Å²) in [4.78, 5) is 22.8. The average Bonchev–Trinajstić information content (AvgIpc) is 3.00. The standard InChI is InChI=1S/C18H19N3O3/c22-18(14-12-19-6-7-20-14)21-8-1-3-15(21)13-4-5-16-17(11-13)24-10-2-9-23-16/h4-7,11-12,15H,1-3,8-10H2. The Bertz CT molecular complexity index is 736. The highest BCUT2D eigenvalue weighted by molar-refractivity contribution is 5.92. The molecule has 0 saturated carbocycles. The molecule has 1 aromatic heterocycles. The Kier molecular flexibility index (Phi) is 4.02. The summed E-state index contributed by atoms with van der Waals surface area (Å²) in [5.41, 5.74) is 1.47. The molecule has 6 heteroatoms. The first-order valence-corrected chi connectivity index (χ1v) is 8.29. The van der Waals surface area contributed by atoms with E-state index in [9.17, 15) is 4.79 Å². The maximum atomic E-state index is 12.7. The van der Waals surface area contributed by atoms with Crippen LogP contribution < -0.4 is 9.47 Å². The van der Waals surface area contributed by atoms with Crippen LogP contribution in [0.2, 0.25) is 0 Å². The molecule has 6 nitrogen and oxygen atoms in total. The van der Waals surface area contributed by atoms with Crippen molar-refractivity contribution in [1.82, 2.24) is 14.9 Å². The number of amides is 1. The lowest BCUT2D eigenvalue weighted by Gasteiger charge is -2.25. The van der Waals surface area contributed by atoms with Gasteiger partial charge in [-0.25, -0.2) is 4.98 Å². The van der Waals surface area contributed by atoms with E-state index in [0.717, 1.165) is 42.9 Å². The maximum Gasteiger partial charge on any atom is 0.274 e. The van der Waals surface area contributed by atoms with Gasteiger partial charge in [-0.2, -0.15) is 0 Å². The third-order valence-electron chi connectivity index (χ3n) is 4.45. The predicted octanol–water partition coefficient (Wildman–Crippen LogP) is 2.62. The van der Waals surface area contributed by atoms with Gasteiger partial charge in [-0.3, -0.25) is 9.78 Å². The van der Waals surface area contributed by atoms with Gasteiger partial charge in [0.1, 0.15) is 5.69 Å². The minimum atomic E-state index is -0.0716. The van der Waals surface area contributed by atoms with Crippen molar-refractivity contribution in [3.05, 3.63) is 48.0 Å². The number of aromatic nitrogens is 2. The van der Waals surface area contributed by atoms with E-state index in [-0.39, 0.29) is 11.9 Å². The fourth-order valence-electron chi connectivity index (χ4n) is 3.30. The van der Waals surface area contributed by atoms with Gasteiger partial charge in [0, 0.05) is 25.4 Å². The summed E-state index contributed by atoms with van der Waals surface area (Å²) in [6, 6.07) is 6.02. The number of likely N-dealkylation sites (tertiary alicyclic amines) is 1. The van der Waals surface area contributed by atoms with Crippen LogP contribution in [0.4, 0.5) is 0 Å². The topological polar surface area (TPSA) is 64.6 Å². The number of benzene rings is 1. The number of ether oxygens (including phenoxy) is 2. The lowest BCUT2D eigenvalue weighted by Crippen LogP contribution is -2.31. The monoisotopic (exact) mass is 325 g/mol. The van der Waals surface area contributed by atoms with Crippen LogP contribution in [0, 0.1) is 0 Å². The van der Waals surface area contributed by atoms with Crippen LogP contribution in [-0.2, 0) is 0 Å². The number of rotatable bonds is 2. The van der Waals surface area contributed by atoms with Crippen molar-refractivity contribution in [1.29, 1.82) is 0 Å². The number of hydrogen-bond acceptors (Lipinski definition) is 5. The second-order valence-corrected chi connectivity index (χ2v) is 6.00. The molecular formula is C18H19N3O3. The average molecular weight is 325 g/mol. The second-order valence-electron chi connectivity index (χ2n) is 6.00. The fourth-order valence-corrected chi connectivity index (χ4v) is 3.30. The zero-order chi connectivity index (χ0) is 16.4. The van der Waals surface area contributed by atoms with Gasteiger partial charge in [0.2, 0.25) is 0 Å². The number of hydrogen-bond donors (Lipinski definition) is 0. The normalized spacial score (nSPS) is 19.8. The van der Waals surface area contributed by atoms with E-state index in [4.69, 9.17) is 9.47 Å². The van der Waals surface area contributed by atoms with Crippen molar-refractivity contribution < 1.29 is 14.3 Å². The van der Waals surface area contributed by atoms with E-state index >= 15 is 0 Å². The highest BCUT2D eigenvalue weighted by atomic mass is 16.5. The number of nitrogens with zero attached hydrogens (tertiary/aromatic N) is 3. The molecule has 1 atom stereocenters. The van der Waals surface area contributed by atoms with E-state index in [1.807, 2.05) is 23.1 Å². The second kappa shape index (κ2) is 6.47. The van der Waals surface area contributed by atoms with E-state index in [1.165, 1.54) is 6.20 Å². The van der Waals surface area contributed by atoms with Gasteiger partial charge in [-0.15, -0.1) is 0 Å². The molecule has 124 valence electrons. The SMILES string of the molecule is O=C(c1cnccn1)N1CCCC1c1ccc2c(c1)OCCCO2. The van der Waals surface area contributed by atoms with Crippen LogP contribution in [0.15, 0.2) is 36.8 Å². The van der Waals surface area contributed by atoms with E-state index in [0.29, 0.717) is 18.9 Å². The Balaban J connectivity index is 1.61. The summed E-state index contributed by atoms with van der Waals surface area (Å²) in [6.07, 6.45) is 7.43. The highest BCUT2D eigenvalue weighted by Gasteiger charge is 2.32. The molecule has 2 aliphatic heterocycles. The van der Waals surface area contributed by atoms with Gasteiger partial charge in [0.15, 0.2) is 11.5 Å². The Morgan fingerprint density at radius 2 is 2.00 bits per heavy atom. The molecule has 2 aromatic rings. The molecular weight excluding hydrogens is 306 g/mol. The summed E-state index contributed by atoms with van der Waals surface area (Å²) < 4.78 is 11.5. The maximum absolute atomic E-state index is 12.7. The van der Waals surface area contributed by atoms with Crippen LogP contribution >= 0.6 is 0 Å². The zero-order valence-electron chi connectivity index (χ0n) is 13.4. The predicted molar refractivity (Wildman–Crippen MR) is 87.1 cm³/mol. The van der Waals surface area contributed by atoms with Crippen LogP contribution in [0.3, 0.4) is 0 Å². The van der Waals surface area contributed by atoms with Crippen molar-refractivity contribution in [2.24, 2.45) is 0 Å². The molecule has 1 unspecified atom stereocenters. The fraction of sp³-hybridized carbons (Fsp3) is 0.389. The first-order valence-electron chi connectivity index (χ1n) is 8.29. The van der Waals surface area contributed by atoms with Crippen LogP contribution in [0.25, 0.3) is 0 Å². The molecule has 0 aliphatic carbocycles. The number of fused-ring (bicyclic) bond motifs is 1. The third-order valence-corrected chi connectivity index (χ3v) is 4.45. The Morgan fingerprint density at radius 1 is 1.12 bits per heavy atom. The number of carbonyl (C=O) groups is 1. The highest BCUT2D eigenvalue weighted by Crippen LogP contribution is 2.38. The largest absolute Gasteiger partial charge is 0.490 e. The lowest BCUT2D eigenvalue weighted by molar-refractivity contribution is 0.0729. The van der Waals surface area contributed by atoms with Crippen LogP contribution in [0.1, 0.15) is 41.4 Å². The minimum absolute atomic E-state index is 0.0386. The molecule has 24 heavy (non-hydrogen) atoms. The van der Waals surface area contributed by atoms with Crippen molar-refractivity contribution >= 4 is 5.91 Å². The summed E-state index contributed by atoms with van der Waals surface area (Å²) in [7, 11) is 0. The molecule has 2 aliphatic rings. The van der Waals surface area contributed by atoms with Crippen molar-refractivity contribution in [2.45, 2.75) is 25.3 Å². The Hall–Kier alpha value is -2.63. The third kappa shape index (κ3) is 2.79. The zero-order valence-corrected chi connectivity index (χ0v) is 13.4. The molecule has 3 heterocycles. The molecule has 0 spiro atoms. The van der Waals surface area contributed by atoms with Crippen LogP contribution in [-0.4, -0.2) is 40.5 Å². The minimum Gasteiger partial charge on any atom is -0.490 e. The molecule has 4 rings (SSSR count). The van der Waals surface area contributed by atoms with Gasteiger partial charge < -0.3 is 14.4 Å². The van der Waals surface area contributed by atoms with Crippen molar-refractivity contribution in [3.8, 4) is 11.5 Å². The van der Waals surface area contributed by atoms with Crippen molar-refractivity contribution in [2.75, 3.05) is 19.8 Å². The van der Waals surface area contributed by atoms with Crippen molar-refractivity contribution in [3.63, 3.8) is 0 Å². The van der Waals surface area contributed by atoms with Gasteiger partial charge in [-0.1, -0.05) is 6.07 Å². The summed E-state index contributed by atoms with van der Waals surface area (Å²) in [6.45, 7) is 2.06. The first kappa shape index (κ1) is 14.9. The molecule has 1 amide bonds. The molecule has 0 radical (unpaired) electrons. The first-order chi connectivity index (χ1) is 11.8. The molecule has 1 aromatic carbocycles. The summed E-state index contributed by atoms with van der Waals surface area (Å²) in [5.74, 6) is 1.47. The van der Waals surface area contributed by atoms with E-state index in [1.54, 1.807) is 12.4 Å². The van der Waals surface area contributed by atoms with Gasteiger partial charge >= 0.3 is 0 Å². The molecule has 1 fully saturated rings. The van der Waals surface area contributed by atoms with Gasteiger partial charge in [0.05, 0.1) is 25.5 Å². The van der Waals surface area contributed by atoms with E-state index < -0.39 is 0 Å².